The number of imide groups is 1. The second-order valence-electron chi connectivity index (χ2n) is 7.01. The van der Waals surface area contributed by atoms with E-state index < -0.39 is 0 Å². The Morgan fingerprint density at radius 3 is 2.74 bits per heavy atom. The van der Waals surface area contributed by atoms with Crippen LogP contribution in [-0.2, 0) is 4.79 Å². The lowest BCUT2D eigenvalue weighted by Gasteiger charge is -2.25. The van der Waals surface area contributed by atoms with Gasteiger partial charge in [0.2, 0.25) is 0 Å². The van der Waals surface area contributed by atoms with E-state index in [1.54, 1.807) is 18.2 Å². The molecule has 2 fully saturated rings. The molecule has 0 unspecified atom stereocenters. The van der Waals surface area contributed by atoms with Gasteiger partial charge in [0.05, 0.1) is 4.91 Å². The SMILES string of the molecule is O=C1S/C(=C/c2ccc(-c3cccc(Cl)c3)o2)C(=O)N1CC1CCCCC1. The molecule has 2 amide bonds. The van der Waals surface area contributed by atoms with Crippen LogP contribution in [0.4, 0.5) is 4.79 Å². The molecule has 0 spiro atoms. The maximum Gasteiger partial charge on any atom is 0.293 e. The lowest BCUT2D eigenvalue weighted by molar-refractivity contribution is -0.123. The molecule has 4 nitrogen and oxygen atoms in total. The summed E-state index contributed by atoms with van der Waals surface area (Å²) in [5.41, 5.74) is 0.868. The number of carbonyl (C=O) groups excluding carboxylic acids is 2. The summed E-state index contributed by atoms with van der Waals surface area (Å²) in [4.78, 5) is 26.8. The fourth-order valence-corrected chi connectivity index (χ4v) is 4.66. The van der Waals surface area contributed by atoms with Crippen molar-refractivity contribution in [2.75, 3.05) is 6.54 Å². The second kappa shape index (κ2) is 7.95. The van der Waals surface area contributed by atoms with Gasteiger partial charge >= 0.3 is 0 Å². The second-order valence-corrected chi connectivity index (χ2v) is 8.44. The van der Waals surface area contributed by atoms with Crippen LogP contribution in [0.15, 0.2) is 45.7 Å². The smallest absolute Gasteiger partial charge is 0.293 e. The van der Waals surface area contributed by atoms with Gasteiger partial charge in [0, 0.05) is 23.2 Å². The minimum Gasteiger partial charge on any atom is -0.457 e. The number of nitrogens with zero attached hydrogens (tertiary/aromatic N) is 1. The van der Waals surface area contributed by atoms with Gasteiger partial charge in [-0.1, -0.05) is 43.0 Å². The highest BCUT2D eigenvalue weighted by Gasteiger charge is 2.36. The Morgan fingerprint density at radius 2 is 1.96 bits per heavy atom. The fourth-order valence-electron chi connectivity index (χ4n) is 3.64. The molecule has 2 heterocycles. The molecule has 27 heavy (non-hydrogen) atoms. The van der Waals surface area contributed by atoms with Crippen LogP contribution in [0.3, 0.4) is 0 Å². The van der Waals surface area contributed by atoms with Gasteiger partial charge in [-0.25, -0.2) is 0 Å². The Hall–Kier alpha value is -1.98. The van der Waals surface area contributed by atoms with Crippen LogP contribution in [0.1, 0.15) is 37.9 Å². The molecule has 0 atom stereocenters. The van der Waals surface area contributed by atoms with Crippen LogP contribution in [0, 0.1) is 5.92 Å². The highest BCUT2D eigenvalue weighted by atomic mass is 35.5. The van der Waals surface area contributed by atoms with Gasteiger partial charge in [-0.3, -0.25) is 14.5 Å². The van der Waals surface area contributed by atoms with Crippen LogP contribution < -0.4 is 0 Å². The summed E-state index contributed by atoms with van der Waals surface area (Å²) in [6, 6.07) is 11.0. The predicted molar refractivity (Wildman–Crippen MR) is 108 cm³/mol. The molecule has 1 aliphatic heterocycles. The minimum atomic E-state index is -0.212. The van der Waals surface area contributed by atoms with Gasteiger partial charge in [-0.2, -0.15) is 0 Å². The molecule has 0 N–H and O–H groups in total. The molecule has 140 valence electrons. The summed E-state index contributed by atoms with van der Waals surface area (Å²) in [6.45, 7) is 0.536. The zero-order chi connectivity index (χ0) is 18.8. The van der Waals surface area contributed by atoms with Crippen LogP contribution in [-0.4, -0.2) is 22.6 Å². The Morgan fingerprint density at radius 1 is 1.15 bits per heavy atom. The van der Waals surface area contributed by atoms with Crippen molar-refractivity contribution in [3.05, 3.63) is 52.1 Å². The monoisotopic (exact) mass is 401 g/mol. The predicted octanol–water partition coefficient (Wildman–Crippen LogP) is 6.22. The third-order valence-corrected chi connectivity index (χ3v) is 6.19. The summed E-state index contributed by atoms with van der Waals surface area (Å²) in [5, 5.41) is 0.452. The molecule has 2 aliphatic rings. The van der Waals surface area contributed by atoms with Crippen LogP contribution >= 0.6 is 23.4 Å². The summed E-state index contributed by atoms with van der Waals surface area (Å²) < 4.78 is 5.83. The number of hydrogen-bond acceptors (Lipinski definition) is 4. The van der Waals surface area contributed by atoms with Gasteiger partial charge in [0.25, 0.3) is 11.1 Å². The number of carbonyl (C=O) groups is 2. The van der Waals surface area contributed by atoms with Gasteiger partial charge in [-0.05, 0) is 54.8 Å². The number of benzene rings is 1. The average molecular weight is 402 g/mol. The minimum absolute atomic E-state index is 0.182. The number of thioether (sulfide) groups is 1. The van der Waals surface area contributed by atoms with Crippen LogP contribution in [0.5, 0.6) is 0 Å². The Balaban J connectivity index is 1.49. The molecule has 4 rings (SSSR count). The highest BCUT2D eigenvalue weighted by molar-refractivity contribution is 8.18. The Bertz CT molecular complexity index is 898. The Labute approximate surface area is 167 Å². The van der Waals surface area contributed by atoms with Crippen LogP contribution in [0.2, 0.25) is 5.02 Å². The van der Waals surface area contributed by atoms with E-state index >= 15 is 0 Å². The first kappa shape index (κ1) is 18.4. The lowest BCUT2D eigenvalue weighted by atomic mass is 9.89. The lowest BCUT2D eigenvalue weighted by Crippen LogP contribution is -2.34. The molecular formula is C21H20ClNO3S. The van der Waals surface area contributed by atoms with Crippen molar-refractivity contribution in [3.63, 3.8) is 0 Å². The number of hydrogen-bond donors (Lipinski definition) is 0. The quantitative estimate of drug-likeness (QED) is 0.571. The van der Waals surface area contributed by atoms with Crippen molar-refractivity contribution in [1.82, 2.24) is 4.90 Å². The third-order valence-electron chi connectivity index (χ3n) is 5.05. The average Bonchev–Trinajstić information content (AvgIpc) is 3.23. The number of amides is 2. The molecule has 0 radical (unpaired) electrons. The van der Waals surface area contributed by atoms with E-state index in [0.717, 1.165) is 30.2 Å². The molecular weight excluding hydrogens is 382 g/mol. The standard InChI is InChI=1S/C21H20ClNO3S/c22-16-8-4-7-15(11-16)18-10-9-17(26-18)12-19-20(24)23(21(25)27-19)13-14-5-2-1-3-6-14/h4,7-12,14H,1-3,5-6,13H2/b19-12+. The zero-order valence-corrected chi connectivity index (χ0v) is 16.4. The normalized spacial score (nSPS) is 20.0. The van der Waals surface area contributed by atoms with Crippen molar-refractivity contribution >= 4 is 40.6 Å². The van der Waals surface area contributed by atoms with Crippen molar-refractivity contribution in [3.8, 4) is 11.3 Å². The third kappa shape index (κ3) is 4.14. The zero-order valence-electron chi connectivity index (χ0n) is 14.8. The first-order valence-corrected chi connectivity index (χ1v) is 10.4. The number of furan rings is 1. The fraction of sp³-hybridized carbons (Fsp3) is 0.333. The maximum absolute atomic E-state index is 12.7. The molecule has 1 aromatic carbocycles. The summed E-state index contributed by atoms with van der Waals surface area (Å²) in [6.07, 6.45) is 7.49. The molecule has 0 bridgehead atoms. The molecule has 2 aromatic rings. The molecule has 1 aliphatic carbocycles. The van der Waals surface area contributed by atoms with E-state index in [1.165, 1.54) is 24.2 Å². The van der Waals surface area contributed by atoms with E-state index in [4.69, 9.17) is 16.0 Å². The summed E-state index contributed by atoms with van der Waals surface area (Å²) in [5.74, 6) is 1.44. The topological polar surface area (TPSA) is 50.5 Å². The van der Waals surface area contributed by atoms with E-state index in [9.17, 15) is 9.59 Å². The van der Waals surface area contributed by atoms with E-state index in [-0.39, 0.29) is 11.1 Å². The first-order valence-electron chi connectivity index (χ1n) is 9.21. The van der Waals surface area contributed by atoms with Crippen molar-refractivity contribution in [2.45, 2.75) is 32.1 Å². The largest absolute Gasteiger partial charge is 0.457 e. The molecule has 6 heteroatoms. The number of halogens is 1. The van der Waals surface area contributed by atoms with Crippen molar-refractivity contribution in [1.29, 1.82) is 0 Å². The summed E-state index contributed by atoms with van der Waals surface area (Å²) >= 11 is 7.02. The van der Waals surface area contributed by atoms with Crippen LogP contribution in [0.25, 0.3) is 17.4 Å². The van der Waals surface area contributed by atoms with Gasteiger partial charge < -0.3 is 4.42 Å². The summed E-state index contributed by atoms with van der Waals surface area (Å²) in [7, 11) is 0. The van der Waals surface area contributed by atoms with Gasteiger partial charge in [0.15, 0.2) is 0 Å². The first-order chi connectivity index (χ1) is 13.1. The molecule has 1 saturated carbocycles. The van der Waals surface area contributed by atoms with E-state index in [0.29, 0.717) is 33.9 Å². The van der Waals surface area contributed by atoms with Gasteiger partial charge in [-0.15, -0.1) is 0 Å². The van der Waals surface area contributed by atoms with E-state index in [1.807, 2.05) is 24.3 Å². The molecule has 1 aromatic heterocycles. The number of rotatable bonds is 4. The van der Waals surface area contributed by atoms with Gasteiger partial charge in [0.1, 0.15) is 11.5 Å². The van der Waals surface area contributed by atoms with E-state index in [2.05, 4.69) is 0 Å². The maximum atomic E-state index is 12.7. The van der Waals surface area contributed by atoms with Crippen molar-refractivity contribution < 1.29 is 14.0 Å². The molecule has 1 saturated heterocycles. The highest BCUT2D eigenvalue weighted by Crippen LogP contribution is 2.35. The van der Waals surface area contributed by atoms with Crippen molar-refractivity contribution in [2.24, 2.45) is 5.92 Å². The Kier molecular flexibility index (Phi) is 5.41.